The number of aromatic nitrogens is 2. The molecule has 0 N–H and O–H groups in total. The molecule has 3 fully saturated rings. The molecule has 1 saturated carbocycles. The van der Waals surface area contributed by atoms with Crippen LogP contribution in [0.3, 0.4) is 0 Å². The third-order valence-corrected chi connectivity index (χ3v) is 6.95. The van der Waals surface area contributed by atoms with E-state index in [1.807, 2.05) is 14.1 Å². The highest BCUT2D eigenvalue weighted by molar-refractivity contribution is 5.75. The molecular formula is C22H29N5O2. The average Bonchev–Trinajstić information content (AvgIpc) is 3.34. The predicted molar refractivity (Wildman–Crippen MR) is 110 cm³/mol. The maximum Gasteiger partial charge on any atom is 0.320 e. The first-order chi connectivity index (χ1) is 14.0. The minimum atomic E-state index is 0.0788. The molecule has 0 bridgehead atoms. The summed E-state index contributed by atoms with van der Waals surface area (Å²) in [7, 11) is 3.66. The first-order valence-electron chi connectivity index (χ1n) is 10.6. The van der Waals surface area contributed by atoms with Gasteiger partial charge in [0.2, 0.25) is 5.89 Å². The van der Waals surface area contributed by atoms with Crippen LogP contribution in [0.25, 0.3) is 0 Å². The molecule has 5 rings (SSSR count). The smallest absolute Gasteiger partial charge is 0.320 e. The van der Waals surface area contributed by atoms with E-state index in [1.54, 1.807) is 4.90 Å². The van der Waals surface area contributed by atoms with Crippen LogP contribution in [0.1, 0.15) is 48.2 Å². The van der Waals surface area contributed by atoms with Crippen molar-refractivity contribution >= 4 is 12.0 Å². The van der Waals surface area contributed by atoms with Crippen LogP contribution in [0.4, 0.5) is 10.8 Å². The molecule has 29 heavy (non-hydrogen) atoms. The highest BCUT2D eigenvalue weighted by Gasteiger charge is 2.50. The molecule has 3 heterocycles. The highest BCUT2D eigenvalue weighted by Crippen LogP contribution is 2.47. The lowest BCUT2D eigenvalue weighted by Gasteiger charge is -2.32. The molecule has 2 saturated heterocycles. The number of nitrogens with zero attached hydrogens (tertiary/aromatic N) is 5. The number of fused-ring (bicyclic) bond motifs is 1. The molecular weight excluding hydrogens is 366 g/mol. The van der Waals surface area contributed by atoms with Crippen LogP contribution in [0.15, 0.2) is 28.7 Å². The second kappa shape index (κ2) is 7.04. The third kappa shape index (κ3) is 3.07. The SMILES string of the molecule is Cc1ccccc1[C@H]1[C@@H]2CN(c3nnc(C4CCC4)o3)C[C@@H]2CN1C(=O)N(C)C. The molecule has 3 aliphatic rings. The molecule has 1 aromatic heterocycles. The second-order valence-corrected chi connectivity index (χ2v) is 9.01. The van der Waals surface area contributed by atoms with Gasteiger partial charge in [0.15, 0.2) is 0 Å². The Kier molecular flexibility index (Phi) is 4.48. The number of carbonyl (C=O) groups is 1. The van der Waals surface area contributed by atoms with E-state index in [4.69, 9.17) is 4.42 Å². The zero-order chi connectivity index (χ0) is 20.1. The fraction of sp³-hybridized carbons (Fsp3) is 0.591. The highest BCUT2D eigenvalue weighted by atomic mass is 16.4. The minimum Gasteiger partial charge on any atom is -0.408 e. The molecule has 3 atom stereocenters. The van der Waals surface area contributed by atoms with Crippen molar-refractivity contribution in [2.75, 3.05) is 38.6 Å². The van der Waals surface area contributed by atoms with Crippen LogP contribution < -0.4 is 4.90 Å². The Bertz CT molecular complexity index is 906. The van der Waals surface area contributed by atoms with E-state index >= 15 is 0 Å². The van der Waals surface area contributed by atoms with Gasteiger partial charge in [-0.15, -0.1) is 5.10 Å². The van der Waals surface area contributed by atoms with Crippen LogP contribution in [0, 0.1) is 18.8 Å². The Hall–Kier alpha value is -2.57. The number of carbonyl (C=O) groups excluding carboxylic acids is 1. The van der Waals surface area contributed by atoms with Gasteiger partial charge < -0.3 is 19.1 Å². The van der Waals surface area contributed by atoms with E-state index in [2.05, 4.69) is 51.2 Å². The van der Waals surface area contributed by atoms with Gasteiger partial charge in [-0.3, -0.25) is 0 Å². The summed E-state index contributed by atoms with van der Waals surface area (Å²) >= 11 is 0. The average molecular weight is 396 g/mol. The quantitative estimate of drug-likeness (QED) is 0.797. The fourth-order valence-electron chi connectivity index (χ4n) is 5.15. The van der Waals surface area contributed by atoms with Gasteiger partial charge in [0.25, 0.3) is 0 Å². The molecule has 7 heteroatoms. The van der Waals surface area contributed by atoms with Crippen molar-refractivity contribution in [1.82, 2.24) is 20.0 Å². The van der Waals surface area contributed by atoms with Crippen molar-refractivity contribution < 1.29 is 9.21 Å². The van der Waals surface area contributed by atoms with Crippen LogP contribution in [-0.2, 0) is 0 Å². The summed E-state index contributed by atoms with van der Waals surface area (Å²) in [5.41, 5.74) is 2.48. The number of likely N-dealkylation sites (tertiary alicyclic amines) is 1. The lowest BCUT2D eigenvalue weighted by molar-refractivity contribution is 0.159. The molecule has 0 radical (unpaired) electrons. The van der Waals surface area contributed by atoms with E-state index in [1.165, 1.54) is 17.5 Å². The van der Waals surface area contributed by atoms with Crippen molar-refractivity contribution in [1.29, 1.82) is 0 Å². The first kappa shape index (κ1) is 18.5. The summed E-state index contributed by atoms with van der Waals surface area (Å²) in [6.07, 6.45) is 3.57. The molecule has 1 aromatic carbocycles. The third-order valence-electron chi connectivity index (χ3n) is 6.95. The minimum absolute atomic E-state index is 0.0788. The Morgan fingerprint density at radius 1 is 1.14 bits per heavy atom. The number of aryl methyl sites for hydroxylation is 1. The number of urea groups is 1. The Labute approximate surface area is 171 Å². The van der Waals surface area contributed by atoms with Crippen LogP contribution >= 0.6 is 0 Å². The van der Waals surface area contributed by atoms with E-state index in [-0.39, 0.29) is 12.1 Å². The molecule has 154 valence electrons. The van der Waals surface area contributed by atoms with E-state index in [0.29, 0.717) is 23.8 Å². The topological polar surface area (TPSA) is 65.7 Å². The molecule has 0 spiro atoms. The lowest BCUT2D eigenvalue weighted by Crippen LogP contribution is -2.41. The van der Waals surface area contributed by atoms with E-state index in [0.717, 1.165) is 38.4 Å². The zero-order valence-corrected chi connectivity index (χ0v) is 17.4. The van der Waals surface area contributed by atoms with Gasteiger partial charge in [0.05, 0.1) is 6.04 Å². The molecule has 2 amide bonds. The van der Waals surface area contributed by atoms with Crippen molar-refractivity contribution in [3.05, 3.63) is 41.3 Å². The molecule has 2 aliphatic heterocycles. The van der Waals surface area contributed by atoms with Crippen molar-refractivity contribution in [2.45, 2.75) is 38.1 Å². The monoisotopic (exact) mass is 395 g/mol. The number of amides is 2. The van der Waals surface area contributed by atoms with Gasteiger partial charge >= 0.3 is 12.0 Å². The number of hydrogen-bond donors (Lipinski definition) is 0. The summed E-state index contributed by atoms with van der Waals surface area (Å²) < 4.78 is 6.03. The number of benzene rings is 1. The van der Waals surface area contributed by atoms with E-state index in [9.17, 15) is 4.79 Å². The van der Waals surface area contributed by atoms with Gasteiger partial charge in [-0.05, 0) is 30.9 Å². The predicted octanol–water partition coefficient (Wildman–Crippen LogP) is 3.44. The second-order valence-electron chi connectivity index (χ2n) is 9.01. The molecule has 7 nitrogen and oxygen atoms in total. The lowest BCUT2D eigenvalue weighted by atomic mass is 9.85. The van der Waals surface area contributed by atoms with Gasteiger partial charge in [0, 0.05) is 51.5 Å². The standard InChI is InChI=1S/C22H29N5O2/c1-14-7-4-5-10-17(14)19-18-13-26(11-16(18)12-27(19)22(28)25(2)3)21-24-23-20(29-21)15-8-6-9-15/h4-5,7,10,15-16,18-19H,6,8-9,11-13H2,1-3H3/t16-,18-,19+/m1/s1. The number of rotatable bonds is 3. The van der Waals surface area contributed by atoms with Crippen LogP contribution in [0.2, 0.25) is 0 Å². The zero-order valence-electron chi connectivity index (χ0n) is 17.4. The van der Waals surface area contributed by atoms with E-state index < -0.39 is 0 Å². The van der Waals surface area contributed by atoms with Crippen molar-refractivity contribution in [3.63, 3.8) is 0 Å². The summed E-state index contributed by atoms with van der Waals surface area (Å²) in [6, 6.07) is 9.25. The Morgan fingerprint density at radius 3 is 2.62 bits per heavy atom. The number of hydrogen-bond acceptors (Lipinski definition) is 5. The summed E-state index contributed by atoms with van der Waals surface area (Å²) in [4.78, 5) is 18.9. The maximum absolute atomic E-state index is 12.9. The summed E-state index contributed by atoms with van der Waals surface area (Å²) in [6.45, 7) is 4.60. The Balaban J connectivity index is 1.41. The molecule has 1 aliphatic carbocycles. The van der Waals surface area contributed by atoms with Gasteiger partial charge in [0.1, 0.15) is 0 Å². The number of anilines is 1. The molecule has 2 aromatic rings. The summed E-state index contributed by atoms with van der Waals surface area (Å²) in [5.74, 6) is 2.01. The maximum atomic E-state index is 12.9. The van der Waals surface area contributed by atoms with Gasteiger partial charge in [-0.2, -0.15) is 0 Å². The summed E-state index contributed by atoms with van der Waals surface area (Å²) in [5, 5.41) is 8.65. The fourth-order valence-corrected chi connectivity index (χ4v) is 5.15. The van der Waals surface area contributed by atoms with Crippen molar-refractivity contribution in [2.24, 2.45) is 11.8 Å². The van der Waals surface area contributed by atoms with Crippen LogP contribution in [-0.4, -0.2) is 59.8 Å². The molecule has 0 unspecified atom stereocenters. The van der Waals surface area contributed by atoms with Gasteiger partial charge in [-0.1, -0.05) is 35.8 Å². The Morgan fingerprint density at radius 2 is 1.93 bits per heavy atom. The normalized spacial score (nSPS) is 26.5. The van der Waals surface area contributed by atoms with Gasteiger partial charge in [-0.25, -0.2) is 4.79 Å². The van der Waals surface area contributed by atoms with Crippen molar-refractivity contribution in [3.8, 4) is 0 Å². The van der Waals surface area contributed by atoms with Crippen LogP contribution in [0.5, 0.6) is 0 Å². The first-order valence-corrected chi connectivity index (χ1v) is 10.6. The largest absolute Gasteiger partial charge is 0.408 e.